The highest BCUT2D eigenvalue weighted by molar-refractivity contribution is 5.98. The number of ether oxygens (including phenoxy) is 1. The maximum atomic E-state index is 13.0. The number of morpholine rings is 1. The lowest BCUT2D eigenvalue weighted by Gasteiger charge is -2.44. The van der Waals surface area contributed by atoms with Gasteiger partial charge in [0.15, 0.2) is 0 Å². The molecule has 5 heteroatoms. The van der Waals surface area contributed by atoms with Gasteiger partial charge in [0, 0.05) is 19.2 Å². The molecule has 4 rings (SSSR count). The first kappa shape index (κ1) is 13.8. The average Bonchev–Trinajstić information content (AvgIpc) is 3.15. The summed E-state index contributed by atoms with van der Waals surface area (Å²) in [4.78, 5) is 19.5. The molecular formula is C17H21N3O2. The van der Waals surface area contributed by atoms with Crippen LogP contribution in [-0.2, 0) is 11.8 Å². The van der Waals surface area contributed by atoms with Gasteiger partial charge in [-0.15, -0.1) is 0 Å². The predicted molar refractivity (Wildman–Crippen MR) is 83.8 cm³/mol. The van der Waals surface area contributed by atoms with E-state index in [1.54, 1.807) is 6.33 Å². The lowest BCUT2D eigenvalue weighted by atomic mass is 9.93. The minimum atomic E-state index is -0.0750. The summed E-state index contributed by atoms with van der Waals surface area (Å²) in [5.41, 5.74) is 2.59. The SMILES string of the molecule is Cn1cnc2cc(C(=O)N3CCOCC34CCCC4)ccc21. The van der Waals surface area contributed by atoms with Gasteiger partial charge in [-0.3, -0.25) is 4.79 Å². The van der Waals surface area contributed by atoms with Gasteiger partial charge in [0.05, 0.1) is 36.1 Å². The van der Waals surface area contributed by atoms with Gasteiger partial charge in [0.1, 0.15) is 0 Å². The number of benzene rings is 1. The molecule has 0 unspecified atom stereocenters. The van der Waals surface area contributed by atoms with E-state index in [4.69, 9.17) is 4.74 Å². The van der Waals surface area contributed by atoms with Crippen LogP contribution in [0.3, 0.4) is 0 Å². The summed E-state index contributed by atoms with van der Waals surface area (Å²) < 4.78 is 7.66. The number of nitrogens with zero attached hydrogens (tertiary/aromatic N) is 3. The molecule has 1 amide bonds. The zero-order chi connectivity index (χ0) is 15.2. The maximum absolute atomic E-state index is 13.0. The highest BCUT2D eigenvalue weighted by atomic mass is 16.5. The summed E-state index contributed by atoms with van der Waals surface area (Å²) in [6.45, 7) is 2.02. The number of hydrogen-bond acceptors (Lipinski definition) is 3. The lowest BCUT2D eigenvalue weighted by molar-refractivity contribution is -0.0502. The quantitative estimate of drug-likeness (QED) is 0.812. The molecule has 2 fully saturated rings. The van der Waals surface area contributed by atoms with E-state index in [9.17, 15) is 4.79 Å². The van der Waals surface area contributed by atoms with E-state index in [2.05, 4.69) is 9.88 Å². The van der Waals surface area contributed by atoms with Gasteiger partial charge in [-0.25, -0.2) is 4.98 Å². The molecule has 2 aliphatic rings. The Bertz CT molecular complexity index is 716. The summed E-state index contributed by atoms with van der Waals surface area (Å²) in [6.07, 6.45) is 6.28. The number of rotatable bonds is 1. The highest BCUT2D eigenvalue weighted by Crippen LogP contribution is 2.38. The first-order valence-electron chi connectivity index (χ1n) is 8.00. The third-order valence-electron chi connectivity index (χ3n) is 5.15. The van der Waals surface area contributed by atoms with E-state index >= 15 is 0 Å². The Labute approximate surface area is 129 Å². The monoisotopic (exact) mass is 299 g/mol. The first-order chi connectivity index (χ1) is 10.7. The molecule has 1 aliphatic heterocycles. The van der Waals surface area contributed by atoms with Gasteiger partial charge in [-0.1, -0.05) is 12.8 Å². The van der Waals surface area contributed by atoms with Crippen molar-refractivity contribution in [3.63, 3.8) is 0 Å². The predicted octanol–water partition coefficient (Wildman–Crippen LogP) is 2.36. The van der Waals surface area contributed by atoms with Crippen molar-refractivity contribution in [2.45, 2.75) is 31.2 Å². The summed E-state index contributed by atoms with van der Waals surface area (Å²) in [7, 11) is 1.96. The van der Waals surface area contributed by atoms with E-state index in [1.165, 1.54) is 12.8 Å². The molecule has 1 aliphatic carbocycles. The van der Waals surface area contributed by atoms with E-state index in [0.29, 0.717) is 19.8 Å². The Kier molecular flexibility index (Phi) is 3.18. The van der Waals surface area contributed by atoms with Crippen LogP contribution >= 0.6 is 0 Å². The van der Waals surface area contributed by atoms with Crippen molar-refractivity contribution in [1.29, 1.82) is 0 Å². The maximum Gasteiger partial charge on any atom is 0.254 e. The van der Waals surface area contributed by atoms with Crippen molar-refractivity contribution in [3.8, 4) is 0 Å². The van der Waals surface area contributed by atoms with Crippen LogP contribution in [0.1, 0.15) is 36.0 Å². The van der Waals surface area contributed by atoms with Gasteiger partial charge in [0.25, 0.3) is 5.91 Å². The second-order valence-corrected chi connectivity index (χ2v) is 6.50. The van der Waals surface area contributed by atoms with Crippen molar-refractivity contribution >= 4 is 16.9 Å². The zero-order valence-corrected chi connectivity index (χ0v) is 12.9. The molecule has 1 spiro atoms. The van der Waals surface area contributed by atoms with Gasteiger partial charge in [-0.2, -0.15) is 0 Å². The molecule has 1 saturated carbocycles. The number of aromatic nitrogens is 2. The molecule has 22 heavy (non-hydrogen) atoms. The van der Waals surface area contributed by atoms with E-state index in [0.717, 1.165) is 29.4 Å². The molecule has 0 atom stereocenters. The van der Waals surface area contributed by atoms with Crippen LogP contribution in [0.25, 0.3) is 11.0 Å². The van der Waals surface area contributed by atoms with Crippen LogP contribution in [0.4, 0.5) is 0 Å². The summed E-state index contributed by atoms with van der Waals surface area (Å²) in [5, 5.41) is 0. The van der Waals surface area contributed by atoms with Crippen LogP contribution < -0.4 is 0 Å². The number of fused-ring (bicyclic) bond motifs is 1. The van der Waals surface area contributed by atoms with Crippen molar-refractivity contribution in [2.24, 2.45) is 7.05 Å². The molecule has 0 N–H and O–H groups in total. The van der Waals surface area contributed by atoms with E-state index in [-0.39, 0.29) is 11.4 Å². The number of carbonyl (C=O) groups excluding carboxylic acids is 1. The Hall–Kier alpha value is -1.88. The Balaban J connectivity index is 1.69. The molecule has 5 nitrogen and oxygen atoms in total. The molecule has 2 aromatic rings. The summed E-state index contributed by atoms with van der Waals surface area (Å²) in [6, 6.07) is 5.82. The van der Waals surface area contributed by atoms with Gasteiger partial charge < -0.3 is 14.2 Å². The molecule has 2 heterocycles. The average molecular weight is 299 g/mol. The highest BCUT2D eigenvalue weighted by Gasteiger charge is 2.44. The normalized spacial score (nSPS) is 20.9. The number of amides is 1. The fraction of sp³-hybridized carbons (Fsp3) is 0.529. The fourth-order valence-electron chi connectivity index (χ4n) is 3.92. The number of imidazole rings is 1. The van der Waals surface area contributed by atoms with Gasteiger partial charge >= 0.3 is 0 Å². The van der Waals surface area contributed by atoms with Crippen molar-refractivity contribution in [1.82, 2.24) is 14.5 Å². The molecule has 1 aromatic carbocycles. The van der Waals surface area contributed by atoms with Crippen LogP contribution in [0.2, 0.25) is 0 Å². The van der Waals surface area contributed by atoms with Crippen LogP contribution in [0, 0.1) is 0 Å². The molecule has 116 valence electrons. The number of carbonyl (C=O) groups is 1. The summed E-state index contributed by atoms with van der Waals surface area (Å²) >= 11 is 0. The van der Waals surface area contributed by atoms with Crippen LogP contribution in [0.5, 0.6) is 0 Å². The standard InChI is InChI=1S/C17H21N3O2/c1-19-12-18-14-10-13(4-5-15(14)19)16(21)20-8-9-22-11-17(20)6-2-3-7-17/h4-5,10,12H,2-3,6-9,11H2,1H3. The minimum Gasteiger partial charge on any atom is -0.377 e. The topological polar surface area (TPSA) is 47.4 Å². The second kappa shape index (κ2) is 5.09. The Morgan fingerprint density at radius 2 is 2.14 bits per heavy atom. The molecular weight excluding hydrogens is 278 g/mol. The Morgan fingerprint density at radius 3 is 2.95 bits per heavy atom. The minimum absolute atomic E-state index is 0.0750. The van der Waals surface area contributed by atoms with Crippen molar-refractivity contribution in [3.05, 3.63) is 30.1 Å². The largest absolute Gasteiger partial charge is 0.377 e. The summed E-state index contributed by atoms with van der Waals surface area (Å²) in [5.74, 6) is 0.123. The van der Waals surface area contributed by atoms with Gasteiger partial charge in [0.2, 0.25) is 0 Å². The second-order valence-electron chi connectivity index (χ2n) is 6.50. The third-order valence-corrected chi connectivity index (χ3v) is 5.15. The zero-order valence-electron chi connectivity index (χ0n) is 12.9. The smallest absolute Gasteiger partial charge is 0.254 e. The van der Waals surface area contributed by atoms with Crippen LogP contribution in [-0.4, -0.2) is 45.7 Å². The lowest BCUT2D eigenvalue weighted by Crippen LogP contribution is -2.57. The molecule has 1 saturated heterocycles. The molecule has 1 aromatic heterocycles. The van der Waals surface area contributed by atoms with E-state index < -0.39 is 0 Å². The van der Waals surface area contributed by atoms with Crippen molar-refractivity contribution < 1.29 is 9.53 Å². The van der Waals surface area contributed by atoms with E-state index in [1.807, 2.05) is 29.8 Å². The van der Waals surface area contributed by atoms with Gasteiger partial charge in [-0.05, 0) is 31.0 Å². The molecule has 0 radical (unpaired) electrons. The number of aryl methyl sites for hydroxylation is 1. The van der Waals surface area contributed by atoms with Crippen LogP contribution in [0.15, 0.2) is 24.5 Å². The van der Waals surface area contributed by atoms with Crippen molar-refractivity contribution in [2.75, 3.05) is 19.8 Å². The third kappa shape index (κ3) is 2.03. The number of hydrogen-bond donors (Lipinski definition) is 0. The fourth-order valence-corrected chi connectivity index (χ4v) is 3.92. The Morgan fingerprint density at radius 1 is 1.32 bits per heavy atom. The molecule has 0 bridgehead atoms. The first-order valence-corrected chi connectivity index (χ1v) is 8.00.